The highest BCUT2D eigenvalue weighted by atomic mass is 16.5. The van der Waals surface area contributed by atoms with Crippen LogP contribution in [-0.2, 0) is 4.74 Å². The maximum absolute atomic E-state index is 5.09. The molecule has 0 radical (unpaired) electrons. The molecule has 1 rings (SSSR count). The molecule has 2 heteroatoms. The summed E-state index contributed by atoms with van der Waals surface area (Å²) in [6.07, 6.45) is 0. The van der Waals surface area contributed by atoms with Crippen LogP contribution in [0.5, 0.6) is 0 Å². The van der Waals surface area contributed by atoms with E-state index in [2.05, 4.69) is 18.4 Å². The van der Waals surface area contributed by atoms with E-state index in [1.54, 1.807) is 0 Å². The maximum Gasteiger partial charge on any atom is 0.181 e. The molecule has 0 bridgehead atoms. The lowest BCUT2D eigenvalue weighted by Crippen LogP contribution is -2.16. The predicted molar refractivity (Wildman–Crippen MR) is 32.3 cm³/mol. The lowest BCUT2D eigenvalue weighted by Gasteiger charge is -2.11. The molecule has 0 spiro atoms. The number of likely N-dealkylation sites (N-methyl/N-ethyl adjacent to an activating group) is 1. The average Bonchev–Trinajstić information content (AvgIpc) is 2.14. The Morgan fingerprint density at radius 2 is 2.62 bits per heavy atom. The van der Waals surface area contributed by atoms with Gasteiger partial charge in [0.05, 0.1) is 6.54 Å². The lowest BCUT2D eigenvalue weighted by molar-refractivity contribution is 0.239. The van der Waals surface area contributed by atoms with Crippen molar-refractivity contribution in [1.29, 1.82) is 0 Å². The summed E-state index contributed by atoms with van der Waals surface area (Å²) in [5.74, 6) is 0.826. The standard InChI is InChI=1S/C6H11NO/c1-3-7-4-5-8-6(7)2/h2-5H2,1H3. The van der Waals surface area contributed by atoms with Gasteiger partial charge >= 0.3 is 0 Å². The minimum atomic E-state index is 0.812. The number of hydrogen-bond acceptors (Lipinski definition) is 2. The van der Waals surface area contributed by atoms with Crippen LogP contribution >= 0.6 is 0 Å². The second-order valence-corrected chi connectivity index (χ2v) is 1.82. The van der Waals surface area contributed by atoms with E-state index in [0.29, 0.717) is 0 Å². The van der Waals surface area contributed by atoms with E-state index in [1.165, 1.54) is 0 Å². The molecular formula is C6H11NO. The van der Waals surface area contributed by atoms with Gasteiger partial charge in [0, 0.05) is 6.54 Å². The van der Waals surface area contributed by atoms with Gasteiger partial charge in [0.25, 0.3) is 0 Å². The van der Waals surface area contributed by atoms with Crippen LogP contribution in [0.15, 0.2) is 12.5 Å². The van der Waals surface area contributed by atoms with Crippen LogP contribution in [0.2, 0.25) is 0 Å². The van der Waals surface area contributed by atoms with Gasteiger partial charge in [-0.2, -0.15) is 0 Å². The van der Waals surface area contributed by atoms with Gasteiger partial charge in [-0.1, -0.05) is 0 Å². The van der Waals surface area contributed by atoms with Gasteiger partial charge in [0.15, 0.2) is 5.88 Å². The summed E-state index contributed by atoms with van der Waals surface area (Å²) in [6, 6.07) is 0. The van der Waals surface area contributed by atoms with Gasteiger partial charge in [-0.3, -0.25) is 0 Å². The second kappa shape index (κ2) is 2.07. The van der Waals surface area contributed by atoms with E-state index < -0.39 is 0 Å². The van der Waals surface area contributed by atoms with Crippen molar-refractivity contribution < 1.29 is 4.74 Å². The molecule has 8 heavy (non-hydrogen) atoms. The molecule has 0 amide bonds. The summed E-state index contributed by atoms with van der Waals surface area (Å²) in [4.78, 5) is 2.11. The summed E-state index contributed by atoms with van der Waals surface area (Å²) in [5, 5.41) is 0. The van der Waals surface area contributed by atoms with Crippen LogP contribution in [-0.4, -0.2) is 24.6 Å². The molecular weight excluding hydrogens is 102 g/mol. The van der Waals surface area contributed by atoms with Crippen molar-refractivity contribution in [3.05, 3.63) is 12.5 Å². The van der Waals surface area contributed by atoms with Crippen LogP contribution in [0, 0.1) is 0 Å². The molecule has 0 unspecified atom stereocenters. The molecule has 0 aromatic rings. The van der Waals surface area contributed by atoms with E-state index in [9.17, 15) is 0 Å². The van der Waals surface area contributed by atoms with Crippen molar-refractivity contribution in [2.24, 2.45) is 0 Å². The van der Waals surface area contributed by atoms with E-state index in [0.717, 1.165) is 25.6 Å². The first kappa shape index (κ1) is 5.48. The summed E-state index contributed by atoms with van der Waals surface area (Å²) >= 11 is 0. The van der Waals surface area contributed by atoms with Crippen molar-refractivity contribution in [3.8, 4) is 0 Å². The molecule has 1 fully saturated rings. The minimum absolute atomic E-state index is 0.812. The SMILES string of the molecule is C=C1OCCN1CC. The smallest absolute Gasteiger partial charge is 0.181 e. The van der Waals surface area contributed by atoms with Crippen LogP contribution in [0.1, 0.15) is 6.92 Å². The highest BCUT2D eigenvalue weighted by Gasteiger charge is 2.12. The molecule has 1 heterocycles. The Bertz CT molecular complexity index is 101. The molecule has 1 aliphatic heterocycles. The Morgan fingerprint density at radius 1 is 1.88 bits per heavy atom. The minimum Gasteiger partial charge on any atom is -0.478 e. The molecule has 0 aromatic carbocycles. The Labute approximate surface area is 49.7 Å². The molecule has 2 nitrogen and oxygen atoms in total. The Morgan fingerprint density at radius 3 is 2.88 bits per heavy atom. The maximum atomic E-state index is 5.09. The van der Waals surface area contributed by atoms with Crippen LogP contribution in [0.3, 0.4) is 0 Å². The summed E-state index contributed by atoms with van der Waals surface area (Å²) in [7, 11) is 0. The largest absolute Gasteiger partial charge is 0.478 e. The number of hydrogen-bond donors (Lipinski definition) is 0. The van der Waals surface area contributed by atoms with E-state index in [1.807, 2.05) is 0 Å². The molecule has 46 valence electrons. The molecule has 1 aliphatic rings. The van der Waals surface area contributed by atoms with Crippen molar-refractivity contribution in [2.75, 3.05) is 19.7 Å². The second-order valence-electron chi connectivity index (χ2n) is 1.82. The van der Waals surface area contributed by atoms with Crippen LogP contribution < -0.4 is 0 Å². The Hall–Kier alpha value is -0.660. The zero-order valence-corrected chi connectivity index (χ0v) is 5.18. The zero-order chi connectivity index (χ0) is 5.98. The van der Waals surface area contributed by atoms with Crippen LogP contribution in [0.4, 0.5) is 0 Å². The topological polar surface area (TPSA) is 12.5 Å². The fourth-order valence-corrected chi connectivity index (χ4v) is 0.824. The third-order valence-electron chi connectivity index (χ3n) is 1.36. The van der Waals surface area contributed by atoms with Gasteiger partial charge in [-0.05, 0) is 13.5 Å². The normalized spacial score (nSPS) is 19.1. The van der Waals surface area contributed by atoms with Crippen molar-refractivity contribution in [3.63, 3.8) is 0 Å². The summed E-state index contributed by atoms with van der Waals surface area (Å²) < 4.78 is 5.09. The summed E-state index contributed by atoms with van der Waals surface area (Å²) in [6.45, 7) is 8.64. The summed E-state index contributed by atoms with van der Waals surface area (Å²) in [5.41, 5.74) is 0. The van der Waals surface area contributed by atoms with Crippen LogP contribution in [0.25, 0.3) is 0 Å². The van der Waals surface area contributed by atoms with Gasteiger partial charge in [-0.15, -0.1) is 0 Å². The highest BCUT2D eigenvalue weighted by Crippen LogP contribution is 2.09. The molecule has 0 atom stereocenters. The third kappa shape index (κ3) is 0.782. The molecule has 0 N–H and O–H groups in total. The molecule has 0 saturated carbocycles. The van der Waals surface area contributed by atoms with Gasteiger partial charge in [0.1, 0.15) is 6.61 Å². The fourth-order valence-electron chi connectivity index (χ4n) is 0.824. The predicted octanol–water partition coefficient (Wildman–Crippen LogP) is 0.810. The molecule has 1 saturated heterocycles. The quantitative estimate of drug-likeness (QED) is 0.499. The van der Waals surface area contributed by atoms with E-state index >= 15 is 0 Å². The average molecular weight is 113 g/mol. The first-order chi connectivity index (χ1) is 3.84. The highest BCUT2D eigenvalue weighted by molar-refractivity contribution is 4.87. The van der Waals surface area contributed by atoms with Crippen molar-refractivity contribution in [1.82, 2.24) is 4.90 Å². The monoisotopic (exact) mass is 113 g/mol. The number of rotatable bonds is 1. The van der Waals surface area contributed by atoms with Gasteiger partial charge in [0.2, 0.25) is 0 Å². The molecule has 0 aliphatic carbocycles. The van der Waals surface area contributed by atoms with Gasteiger partial charge < -0.3 is 9.64 Å². The fraction of sp³-hybridized carbons (Fsp3) is 0.667. The van der Waals surface area contributed by atoms with E-state index in [4.69, 9.17) is 4.74 Å². The van der Waals surface area contributed by atoms with Crippen molar-refractivity contribution in [2.45, 2.75) is 6.92 Å². The first-order valence-corrected chi connectivity index (χ1v) is 2.91. The Kier molecular flexibility index (Phi) is 1.42. The lowest BCUT2D eigenvalue weighted by atomic mass is 10.5. The molecule has 0 aromatic heterocycles. The van der Waals surface area contributed by atoms with E-state index in [-0.39, 0.29) is 0 Å². The first-order valence-electron chi connectivity index (χ1n) is 2.91. The Balaban J connectivity index is 2.42. The number of nitrogens with zero attached hydrogens (tertiary/aromatic N) is 1. The number of ether oxygens (including phenoxy) is 1. The third-order valence-corrected chi connectivity index (χ3v) is 1.36. The van der Waals surface area contributed by atoms with Crippen molar-refractivity contribution >= 4 is 0 Å². The van der Waals surface area contributed by atoms with Gasteiger partial charge in [-0.25, -0.2) is 0 Å². The zero-order valence-electron chi connectivity index (χ0n) is 5.18.